The van der Waals surface area contributed by atoms with E-state index in [0.29, 0.717) is 18.2 Å². The highest BCUT2D eigenvalue weighted by Gasteiger charge is 2.03. The molecular weight excluding hydrogens is 188 g/mol. The summed E-state index contributed by atoms with van der Waals surface area (Å²) in [5.74, 6) is 1.14. The van der Waals surface area contributed by atoms with Crippen molar-refractivity contribution in [3.63, 3.8) is 0 Å². The van der Waals surface area contributed by atoms with Crippen LogP contribution in [0.25, 0.3) is 10.9 Å². The molecule has 0 fully saturated rings. The number of anilines is 1. The van der Waals surface area contributed by atoms with Crippen molar-refractivity contribution in [2.45, 2.75) is 13.3 Å². The Morgan fingerprint density at radius 2 is 2.13 bits per heavy atom. The normalized spacial score (nSPS) is 10.5. The number of ether oxygens (including phenoxy) is 1. The largest absolute Gasteiger partial charge is 0.490 e. The maximum atomic E-state index is 5.79. The first-order valence-electron chi connectivity index (χ1n) is 5.09. The zero-order valence-electron chi connectivity index (χ0n) is 8.73. The minimum absolute atomic E-state index is 0.460. The van der Waals surface area contributed by atoms with Crippen LogP contribution < -0.4 is 10.5 Å². The number of pyridine rings is 1. The quantitative estimate of drug-likeness (QED) is 0.832. The Kier molecular flexibility index (Phi) is 2.72. The molecule has 15 heavy (non-hydrogen) atoms. The van der Waals surface area contributed by atoms with E-state index in [2.05, 4.69) is 11.9 Å². The van der Waals surface area contributed by atoms with Crippen LogP contribution in [0.2, 0.25) is 0 Å². The van der Waals surface area contributed by atoms with Gasteiger partial charge in [-0.3, -0.25) is 0 Å². The molecule has 3 nitrogen and oxygen atoms in total. The molecule has 78 valence electrons. The molecule has 0 radical (unpaired) electrons. The number of benzene rings is 1. The van der Waals surface area contributed by atoms with E-state index in [4.69, 9.17) is 10.5 Å². The van der Waals surface area contributed by atoms with Gasteiger partial charge < -0.3 is 10.5 Å². The lowest BCUT2D eigenvalue weighted by atomic mass is 10.2. The highest BCUT2D eigenvalue weighted by atomic mass is 16.5. The van der Waals surface area contributed by atoms with Crippen LogP contribution in [0.5, 0.6) is 5.75 Å². The second-order valence-corrected chi connectivity index (χ2v) is 3.41. The van der Waals surface area contributed by atoms with Crippen LogP contribution in [-0.4, -0.2) is 11.6 Å². The first kappa shape index (κ1) is 9.77. The standard InChI is InChI=1S/C12H14N2O/c1-2-7-15-11-8-9-5-3-4-6-10(9)14-12(11)13/h3-6,8H,2,7H2,1H3,(H2,13,14). The number of nitrogens with two attached hydrogens (primary N) is 1. The monoisotopic (exact) mass is 202 g/mol. The van der Waals surface area contributed by atoms with Gasteiger partial charge in [0, 0.05) is 5.39 Å². The topological polar surface area (TPSA) is 48.1 Å². The molecule has 2 aromatic rings. The van der Waals surface area contributed by atoms with E-state index in [1.54, 1.807) is 0 Å². The van der Waals surface area contributed by atoms with Crippen molar-refractivity contribution >= 4 is 16.7 Å². The third-order valence-corrected chi connectivity index (χ3v) is 2.18. The number of rotatable bonds is 3. The van der Waals surface area contributed by atoms with Crippen LogP contribution in [0.15, 0.2) is 30.3 Å². The molecule has 3 heteroatoms. The molecule has 0 bridgehead atoms. The van der Waals surface area contributed by atoms with E-state index in [-0.39, 0.29) is 0 Å². The zero-order valence-corrected chi connectivity index (χ0v) is 8.73. The van der Waals surface area contributed by atoms with Crippen molar-refractivity contribution in [3.05, 3.63) is 30.3 Å². The molecule has 1 aromatic carbocycles. The van der Waals surface area contributed by atoms with E-state index in [0.717, 1.165) is 17.3 Å². The van der Waals surface area contributed by atoms with Gasteiger partial charge in [0.15, 0.2) is 11.6 Å². The highest BCUT2D eigenvalue weighted by Crippen LogP contribution is 2.24. The van der Waals surface area contributed by atoms with Gasteiger partial charge in [-0.05, 0) is 18.6 Å². The molecule has 0 aliphatic carbocycles. The first-order chi connectivity index (χ1) is 7.31. The molecule has 0 aliphatic rings. The first-order valence-corrected chi connectivity index (χ1v) is 5.09. The van der Waals surface area contributed by atoms with Crippen molar-refractivity contribution < 1.29 is 4.74 Å². The Labute approximate surface area is 88.9 Å². The smallest absolute Gasteiger partial charge is 0.166 e. The van der Waals surface area contributed by atoms with Gasteiger partial charge in [0.2, 0.25) is 0 Å². The molecule has 0 spiro atoms. The fourth-order valence-electron chi connectivity index (χ4n) is 1.44. The lowest BCUT2D eigenvalue weighted by Crippen LogP contribution is -2.01. The third kappa shape index (κ3) is 2.01. The SMILES string of the molecule is CCCOc1cc2ccccc2nc1N. The second-order valence-electron chi connectivity index (χ2n) is 3.41. The van der Waals surface area contributed by atoms with Crippen molar-refractivity contribution in [3.8, 4) is 5.75 Å². The molecule has 1 aromatic heterocycles. The Morgan fingerprint density at radius 1 is 1.33 bits per heavy atom. The summed E-state index contributed by atoms with van der Waals surface area (Å²) in [4.78, 5) is 4.28. The summed E-state index contributed by atoms with van der Waals surface area (Å²) in [6, 6.07) is 9.80. The van der Waals surface area contributed by atoms with Crippen LogP contribution in [-0.2, 0) is 0 Å². The predicted octanol–water partition coefficient (Wildman–Crippen LogP) is 2.61. The molecule has 0 atom stereocenters. The number of hydrogen-bond acceptors (Lipinski definition) is 3. The van der Waals surface area contributed by atoms with Crippen molar-refractivity contribution in [1.29, 1.82) is 0 Å². The molecule has 0 saturated heterocycles. The maximum absolute atomic E-state index is 5.79. The summed E-state index contributed by atoms with van der Waals surface area (Å²) >= 11 is 0. The van der Waals surface area contributed by atoms with Crippen LogP contribution in [0.1, 0.15) is 13.3 Å². The van der Waals surface area contributed by atoms with Gasteiger partial charge in [-0.2, -0.15) is 0 Å². The summed E-state index contributed by atoms with van der Waals surface area (Å²) in [6.07, 6.45) is 0.965. The van der Waals surface area contributed by atoms with Crippen molar-refractivity contribution in [1.82, 2.24) is 4.98 Å². The summed E-state index contributed by atoms with van der Waals surface area (Å²) < 4.78 is 5.51. The maximum Gasteiger partial charge on any atom is 0.166 e. The molecule has 0 amide bonds. The average Bonchev–Trinajstić information content (AvgIpc) is 2.26. The highest BCUT2D eigenvalue weighted by molar-refractivity contribution is 5.82. The van der Waals surface area contributed by atoms with Crippen LogP contribution in [0.3, 0.4) is 0 Å². The van der Waals surface area contributed by atoms with Gasteiger partial charge in [0.25, 0.3) is 0 Å². The number of para-hydroxylation sites is 1. The summed E-state index contributed by atoms with van der Waals surface area (Å²) in [6.45, 7) is 2.73. The molecule has 1 heterocycles. The molecule has 2 N–H and O–H groups in total. The van der Waals surface area contributed by atoms with Gasteiger partial charge in [-0.1, -0.05) is 25.1 Å². The number of nitrogen functional groups attached to an aromatic ring is 1. The molecule has 0 unspecified atom stereocenters. The van der Waals surface area contributed by atoms with E-state index in [9.17, 15) is 0 Å². The Hall–Kier alpha value is -1.77. The van der Waals surface area contributed by atoms with Gasteiger partial charge in [-0.15, -0.1) is 0 Å². The Bertz CT molecular complexity index is 468. The molecule has 0 saturated carbocycles. The minimum atomic E-state index is 0.460. The summed E-state index contributed by atoms with van der Waals surface area (Å²) in [5, 5.41) is 1.05. The molecule has 2 rings (SSSR count). The average molecular weight is 202 g/mol. The third-order valence-electron chi connectivity index (χ3n) is 2.18. The minimum Gasteiger partial charge on any atom is -0.490 e. The van der Waals surface area contributed by atoms with Crippen molar-refractivity contribution in [2.24, 2.45) is 0 Å². The number of fused-ring (bicyclic) bond motifs is 1. The predicted molar refractivity (Wildman–Crippen MR) is 61.9 cm³/mol. The van der Waals surface area contributed by atoms with E-state index in [1.165, 1.54) is 0 Å². The second kappa shape index (κ2) is 4.17. The van der Waals surface area contributed by atoms with Crippen LogP contribution in [0.4, 0.5) is 5.82 Å². The Balaban J connectivity index is 2.43. The van der Waals surface area contributed by atoms with Gasteiger partial charge in [0.05, 0.1) is 12.1 Å². The summed E-state index contributed by atoms with van der Waals surface area (Å²) in [7, 11) is 0. The zero-order chi connectivity index (χ0) is 10.7. The lowest BCUT2D eigenvalue weighted by molar-refractivity contribution is 0.318. The van der Waals surface area contributed by atoms with E-state index < -0.39 is 0 Å². The van der Waals surface area contributed by atoms with E-state index in [1.807, 2.05) is 30.3 Å². The lowest BCUT2D eigenvalue weighted by Gasteiger charge is -2.08. The number of nitrogens with zero attached hydrogens (tertiary/aromatic N) is 1. The van der Waals surface area contributed by atoms with E-state index >= 15 is 0 Å². The van der Waals surface area contributed by atoms with Gasteiger partial charge in [-0.25, -0.2) is 4.98 Å². The number of hydrogen-bond donors (Lipinski definition) is 1. The molecular formula is C12H14N2O. The fourth-order valence-corrected chi connectivity index (χ4v) is 1.44. The van der Waals surface area contributed by atoms with Gasteiger partial charge >= 0.3 is 0 Å². The van der Waals surface area contributed by atoms with Gasteiger partial charge in [0.1, 0.15) is 0 Å². The fraction of sp³-hybridized carbons (Fsp3) is 0.250. The van der Waals surface area contributed by atoms with Crippen LogP contribution in [0, 0.1) is 0 Å². The number of aromatic nitrogens is 1. The molecule has 0 aliphatic heterocycles. The van der Waals surface area contributed by atoms with Crippen LogP contribution >= 0.6 is 0 Å². The summed E-state index contributed by atoms with van der Waals surface area (Å²) in [5.41, 5.74) is 6.69. The van der Waals surface area contributed by atoms with Crippen molar-refractivity contribution in [2.75, 3.05) is 12.3 Å². The Morgan fingerprint density at radius 3 is 2.93 bits per heavy atom.